The van der Waals surface area contributed by atoms with E-state index in [0.717, 1.165) is 17.7 Å². The molecule has 2 aliphatic heterocycles. The molecule has 178 valence electrons. The highest BCUT2D eigenvalue weighted by Crippen LogP contribution is 2.27. The van der Waals surface area contributed by atoms with E-state index < -0.39 is 0 Å². The van der Waals surface area contributed by atoms with Crippen LogP contribution in [0.15, 0.2) is 36.4 Å². The van der Waals surface area contributed by atoms with E-state index >= 15 is 0 Å². The first-order valence-electron chi connectivity index (χ1n) is 11.2. The molecule has 2 aliphatic rings. The number of ether oxygens (including phenoxy) is 3. The zero-order valence-electron chi connectivity index (χ0n) is 19.0. The van der Waals surface area contributed by atoms with Gasteiger partial charge < -0.3 is 29.7 Å². The molecule has 1 amide bonds. The van der Waals surface area contributed by atoms with Crippen LogP contribution in [0.25, 0.3) is 22.7 Å². The molecule has 0 spiro atoms. The van der Waals surface area contributed by atoms with Gasteiger partial charge in [0.2, 0.25) is 11.8 Å². The summed E-state index contributed by atoms with van der Waals surface area (Å²) in [4.78, 5) is 25.3. The molecule has 1 aromatic carbocycles. The van der Waals surface area contributed by atoms with Crippen LogP contribution >= 0.6 is 0 Å². The fourth-order valence-corrected chi connectivity index (χ4v) is 4.05. The molecule has 5 rings (SSSR count). The lowest BCUT2D eigenvalue weighted by Gasteiger charge is -2.35. The van der Waals surface area contributed by atoms with Crippen LogP contribution in [-0.2, 0) is 14.2 Å². The Kier molecular flexibility index (Phi) is 6.17. The zero-order chi connectivity index (χ0) is 23.5. The fourth-order valence-electron chi connectivity index (χ4n) is 4.05. The predicted octanol–water partition coefficient (Wildman–Crippen LogP) is 2.04. The van der Waals surface area contributed by atoms with Crippen LogP contribution in [0.4, 0.5) is 16.4 Å². The quantitative estimate of drug-likeness (QED) is 0.545. The van der Waals surface area contributed by atoms with E-state index in [0.29, 0.717) is 62.3 Å². The summed E-state index contributed by atoms with van der Waals surface area (Å²) in [5.41, 5.74) is 9.50. The van der Waals surface area contributed by atoms with Gasteiger partial charge in [-0.15, -0.1) is 5.10 Å². The Hall–Kier alpha value is -3.86. The minimum absolute atomic E-state index is 0.260. The van der Waals surface area contributed by atoms with E-state index in [1.165, 1.54) is 4.52 Å². The van der Waals surface area contributed by atoms with Gasteiger partial charge in [0.25, 0.3) is 0 Å². The lowest BCUT2D eigenvalue weighted by atomic mass is 10.1. The molecule has 3 aromatic rings. The SMILES string of the molecule is COCCOC(=O)N1CCN(c2cccc(-c3cc4nc(C5=CCCO5)nn4c(N)n3)c2)CC1. The Balaban J connectivity index is 1.31. The summed E-state index contributed by atoms with van der Waals surface area (Å²) in [7, 11) is 1.58. The second-order valence-corrected chi connectivity index (χ2v) is 8.04. The van der Waals surface area contributed by atoms with E-state index in [9.17, 15) is 4.79 Å². The van der Waals surface area contributed by atoms with Crippen LogP contribution in [0, 0.1) is 0 Å². The zero-order valence-corrected chi connectivity index (χ0v) is 19.0. The highest BCUT2D eigenvalue weighted by Gasteiger charge is 2.23. The van der Waals surface area contributed by atoms with Crippen LogP contribution in [0.2, 0.25) is 0 Å². The smallest absolute Gasteiger partial charge is 0.409 e. The fraction of sp³-hybridized carbons (Fsp3) is 0.391. The maximum Gasteiger partial charge on any atom is 0.409 e. The molecular formula is C23H27N7O4. The Morgan fingerprint density at radius 2 is 2.00 bits per heavy atom. The van der Waals surface area contributed by atoms with Crippen LogP contribution in [-0.4, -0.2) is 83.7 Å². The summed E-state index contributed by atoms with van der Waals surface area (Å²) >= 11 is 0. The summed E-state index contributed by atoms with van der Waals surface area (Å²) in [5, 5.41) is 4.43. The number of nitrogens with two attached hydrogens (primary N) is 1. The van der Waals surface area contributed by atoms with Crippen molar-refractivity contribution in [1.82, 2.24) is 24.5 Å². The van der Waals surface area contributed by atoms with Gasteiger partial charge >= 0.3 is 6.09 Å². The standard InChI is InChI=1S/C23H27N7O4/c1-32-12-13-34-23(31)29-9-7-28(8-10-29)17-5-2-4-16(14-17)18-15-20-26-21(19-6-3-11-33-19)27-30(20)22(24)25-18/h2,4-6,14-15H,3,7-13H2,1H3,(H2,24,25). The van der Waals surface area contributed by atoms with Crippen molar-refractivity contribution in [2.45, 2.75) is 6.42 Å². The first-order valence-corrected chi connectivity index (χ1v) is 11.2. The van der Waals surface area contributed by atoms with E-state index in [1.54, 1.807) is 12.0 Å². The number of methoxy groups -OCH3 is 1. The molecule has 0 aliphatic carbocycles. The van der Waals surface area contributed by atoms with Gasteiger partial charge in [-0.05, 0) is 18.2 Å². The number of carbonyl (C=O) groups excluding carboxylic acids is 1. The first-order chi connectivity index (χ1) is 16.6. The van der Waals surface area contributed by atoms with Gasteiger partial charge in [0.15, 0.2) is 11.4 Å². The third-order valence-corrected chi connectivity index (χ3v) is 5.83. The molecule has 0 bridgehead atoms. The third kappa shape index (κ3) is 4.46. The number of nitrogen functional groups attached to an aromatic ring is 1. The molecule has 1 fully saturated rings. The number of fused-ring (bicyclic) bond motifs is 1. The van der Waals surface area contributed by atoms with Crippen LogP contribution in [0.5, 0.6) is 0 Å². The predicted molar refractivity (Wildman–Crippen MR) is 126 cm³/mol. The summed E-state index contributed by atoms with van der Waals surface area (Å²) in [6.45, 7) is 3.89. The Morgan fingerprint density at radius 3 is 2.76 bits per heavy atom. The number of nitrogens with zero attached hydrogens (tertiary/aromatic N) is 6. The summed E-state index contributed by atoms with van der Waals surface area (Å²) in [6, 6.07) is 9.98. The molecule has 0 unspecified atom stereocenters. The number of amides is 1. The van der Waals surface area contributed by atoms with Crippen molar-refractivity contribution in [3.63, 3.8) is 0 Å². The molecule has 0 radical (unpaired) electrons. The number of hydrogen-bond acceptors (Lipinski definition) is 9. The van der Waals surface area contributed by atoms with Gasteiger partial charge in [-0.2, -0.15) is 4.52 Å². The van der Waals surface area contributed by atoms with Crippen molar-refractivity contribution in [2.75, 3.05) is 63.7 Å². The van der Waals surface area contributed by atoms with E-state index in [-0.39, 0.29) is 18.6 Å². The largest absolute Gasteiger partial charge is 0.490 e. The van der Waals surface area contributed by atoms with Crippen LogP contribution in [0.1, 0.15) is 12.2 Å². The number of carbonyl (C=O) groups is 1. The number of benzene rings is 1. The average molecular weight is 466 g/mol. The topological polar surface area (TPSA) is 120 Å². The average Bonchev–Trinajstić information content (AvgIpc) is 3.55. The lowest BCUT2D eigenvalue weighted by Crippen LogP contribution is -2.49. The number of rotatable bonds is 6. The summed E-state index contributed by atoms with van der Waals surface area (Å²) in [6.07, 6.45) is 2.52. The van der Waals surface area contributed by atoms with Gasteiger partial charge in [0.1, 0.15) is 6.61 Å². The van der Waals surface area contributed by atoms with Gasteiger partial charge in [-0.1, -0.05) is 12.1 Å². The van der Waals surface area contributed by atoms with E-state index in [1.807, 2.05) is 24.3 Å². The van der Waals surface area contributed by atoms with E-state index in [2.05, 4.69) is 32.1 Å². The highest BCUT2D eigenvalue weighted by atomic mass is 16.6. The van der Waals surface area contributed by atoms with Crippen LogP contribution in [0.3, 0.4) is 0 Å². The molecule has 2 N–H and O–H groups in total. The van der Waals surface area contributed by atoms with Crippen molar-refractivity contribution < 1.29 is 19.0 Å². The van der Waals surface area contributed by atoms with Crippen molar-refractivity contribution >= 4 is 29.1 Å². The Bertz CT molecular complexity index is 1220. The molecule has 11 heteroatoms. The number of piperazine rings is 1. The Labute approximate surface area is 196 Å². The van der Waals surface area contributed by atoms with Crippen molar-refractivity contribution in [2.24, 2.45) is 0 Å². The molecule has 0 saturated carbocycles. The maximum atomic E-state index is 12.2. The lowest BCUT2D eigenvalue weighted by molar-refractivity contribution is 0.0705. The molecule has 34 heavy (non-hydrogen) atoms. The number of anilines is 2. The molecule has 4 heterocycles. The number of hydrogen-bond donors (Lipinski definition) is 1. The van der Waals surface area contributed by atoms with Crippen LogP contribution < -0.4 is 10.6 Å². The third-order valence-electron chi connectivity index (χ3n) is 5.83. The van der Waals surface area contributed by atoms with Gasteiger partial charge in [0.05, 0.1) is 18.9 Å². The number of aromatic nitrogens is 4. The monoisotopic (exact) mass is 465 g/mol. The van der Waals surface area contributed by atoms with Gasteiger partial charge in [-0.3, -0.25) is 0 Å². The Morgan fingerprint density at radius 1 is 1.15 bits per heavy atom. The van der Waals surface area contributed by atoms with Gasteiger partial charge in [0, 0.05) is 57.0 Å². The van der Waals surface area contributed by atoms with Gasteiger partial charge in [-0.25, -0.2) is 14.8 Å². The molecule has 0 atom stereocenters. The molecule has 2 aromatic heterocycles. The summed E-state index contributed by atoms with van der Waals surface area (Å²) < 4.78 is 17.2. The minimum atomic E-state index is -0.301. The van der Waals surface area contributed by atoms with E-state index in [4.69, 9.17) is 19.9 Å². The molecular weight excluding hydrogens is 438 g/mol. The minimum Gasteiger partial charge on any atom is -0.490 e. The first kappa shape index (κ1) is 22.0. The van der Waals surface area contributed by atoms with Crippen molar-refractivity contribution in [3.05, 3.63) is 42.2 Å². The van der Waals surface area contributed by atoms with Crippen molar-refractivity contribution in [1.29, 1.82) is 0 Å². The molecule has 1 saturated heterocycles. The molecule has 11 nitrogen and oxygen atoms in total. The highest BCUT2D eigenvalue weighted by molar-refractivity contribution is 5.71. The second kappa shape index (κ2) is 9.56. The van der Waals surface area contributed by atoms with Crippen molar-refractivity contribution in [3.8, 4) is 11.3 Å². The normalized spacial score (nSPS) is 16.0. The maximum absolute atomic E-state index is 12.2. The summed E-state index contributed by atoms with van der Waals surface area (Å²) in [5.74, 6) is 1.44. The second-order valence-electron chi connectivity index (χ2n) is 8.04.